The van der Waals surface area contributed by atoms with Crippen LogP contribution >= 0.6 is 12.6 Å². The molecule has 13 heavy (non-hydrogen) atoms. The van der Waals surface area contributed by atoms with E-state index in [1.165, 1.54) is 6.92 Å². The van der Waals surface area contributed by atoms with Crippen molar-refractivity contribution in [3.8, 4) is 0 Å². The molecular formula is C8H15NO3S. The molecule has 0 rings (SSSR count). The van der Waals surface area contributed by atoms with Crippen molar-refractivity contribution >= 4 is 24.5 Å². The first-order valence-corrected chi connectivity index (χ1v) is 4.69. The van der Waals surface area contributed by atoms with E-state index < -0.39 is 12.0 Å². The Bertz CT molecular complexity index is 194. The highest BCUT2D eigenvalue weighted by Crippen LogP contribution is 1.96. The number of hydrogen-bond donors (Lipinski definition) is 2. The maximum absolute atomic E-state index is 11.2. The molecule has 0 aromatic rings. The van der Waals surface area contributed by atoms with E-state index in [4.69, 9.17) is 4.74 Å². The fraction of sp³-hybridized carbons (Fsp3) is 0.750. The third-order valence-corrected chi connectivity index (χ3v) is 1.56. The number of hydrogen-bond acceptors (Lipinski definition) is 4. The third-order valence-electron chi connectivity index (χ3n) is 1.20. The van der Waals surface area contributed by atoms with Gasteiger partial charge >= 0.3 is 5.97 Å². The molecule has 0 aromatic carbocycles. The SMILES string of the molecule is CC(=O)N[C@@H](CS)C(=O)OC(C)C. The molecule has 0 heterocycles. The van der Waals surface area contributed by atoms with Crippen molar-refractivity contribution in [3.63, 3.8) is 0 Å². The average Bonchev–Trinajstić information content (AvgIpc) is 1.98. The maximum atomic E-state index is 11.2. The Labute approximate surface area is 83.4 Å². The van der Waals surface area contributed by atoms with Crippen molar-refractivity contribution in [1.29, 1.82) is 0 Å². The van der Waals surface area contributed by atoms with Crippen LogP contribution < -0.4 is 5.32 Å². The van der Waals surface area contributed by atoms with Gasteiger partial charge in [0.15, 0.2) is 0 Å². The normalized spacial score (nSPS) is 12.4. The quantitative estimate of drug-likeness (QED) is 0.515. The second-order valence-electron chi connectivity index (χ2n) is 2.92. The molecule has 0 aliphatic heterocycles. The van der Waals surface area contributed by atoms with Gasteiger partial charge < -0.3 is 10.1 Å². The first kappa shape index (κ1) is 12.3. The molecule has 0 fully saturated rings. The van der Waals surface area contributed by atoms with Gasteiger partial charge in [0.1, 0.15) is 6.04 Å². The molecule has 5 heteroatoms. The van der Waals surface area contributed by atoms with Crippen molar-refractivity contribution < 1.29 is 14.3 Å². The van der Waals surface area contributed by atoms with E-state index in [0.29, 0.717) is 0 Å². The van der Waals surface area contributed by atoms with E-state index in [1.807, 2.05) is 0 Å². The summed E-state index contributed by atoms with van der Waals surface area (Å²) in [6.45, 7) is 4.85. The van der Waals surface area contributed by atoms with Gasteiger partial charge in [0.05, 0.1) is 6.10 Å². The van der Waals surface area contributed by atoms with Crippen LogP contribution in [0.2, 0.25) is 0 Å². The predicted molar refractivity (Wildman–Crippen MR) is 52.7 cm³/mol. The number of ether oxygens (including phenoxy) is 1. The number of carbonyl (C=O) groups is 2. The summed E-state index contributed by atoms with van der Waals surface area (Å²) in [5, 5.41) is 2.44. The summed E-state index contributed by atoms with van der Waals surface area (Å²) in [7, 11) is 0. The molecule has 4 nitrogen and oxygen atoms in total. The number of carbonyl (C=O) groups excluding carboxylic acids is 2. The third kappa shape index (κ3) is 5.52. The van der Waals surface area contributed by atoms with Crippen LogP contribution in [0.15, 0.2) is 0 Å². The van der Waals surface area contributed by atoms with E-state index in [0.717, 1.165) is 0 Å². The number of rotatable bonds is 4. The minimum Gasteiger partial charge on any atom is -0.461 e. The van der Waals surface area contributed by atoms with Crippen LogP contribution in [0.5, 0.6) is 0 Å². The fourth-order valence-corrected chi connectivity index (χ4v) is 0.979. The zero-order chi connectivity index (χ0) is 10.4. The molecule has 0 saturated heterocycles. The smallest absolute Gasteiger partial charge is 0.329 e. The molecular weight excluding hydrogens is 190 g/mol. The Hall–Kier alpha value is -0.710. The lowest BCUT2D eigenvalue weighted by molar-refractivity contribution is -0.150. The van der Waals surface area contributed by atoms with E-state index in [2.05, 4.69) is 17.9 Å². The van der Waals surface area contributed by atoms with Crippen LogP contribution in [0.4, 0.5) is 0 Å². The monoisotopic (exact) mass is 205 g/mol. The van der Waals surface area contributed by atoms with Gasteiger partial charge in [-0.1, -0.05) is 0 Å². The Balaban J connectivity index is 4.07. The average molecular weight is 205 g/mol. The molecule has 1 N–H and O–H groups in total. The molecule has 0 bridgehead atoms. The molecule has 0 aliphatic carbocycles. The molecule has 0 spiro atoms. The number of thiol groups is 1. The fourth-order valence-electron chi connectivity index (χ4n) is 0.739. The standard InChI is InChI=1S/C8H15NO3S/c1-5(2)12-8(11)7(4-13)9-6(3)10/h5,7,13H,4H2,1-3H3,(H,9,10)/t7-/m0/s1. The summed E-state index contributed by atoms with van der Waals surface area (Å²) in [6, 6.07) is -0.650. The summed E-state index contributed by atoms with van der Waals surface area (Å²) >= 11 is 3.94. The molecule has 76 valence electrons. The highest BCUT2D eigenvalue weighted by Gasteiger charge is 2.19. The van der Waals surface area contributed by atoms with Crippen LogP contribution in [0.1, 0.15) is 20.8 Å². The van der Waals surface area contributed by atoms with Crippen LogP contribution in [-0.2, 0) is 14.3 Å². The summed E-state index contributed by atoms with van der Waals surface area (Å²) in [5.41, 5.74) is 0. The van der Waals surface area contributed by atoms with Crippen molar-refractivity contribution in [2.24, 2.45) is 0 Å². The maximum Gasteiger partial charge on any atom is 0.329 e. The van der Waals surface area contributed by atoms with Gasteiger partial charge in [-0.3, -0.25) is 4.79 Å². The molecule has 0 aromatic heterocycles. The molecule has 0 aliphatic rings. The number of esters is 1. The Morgan fingerprint density at radius 1 is 1.46 bits per heavy atom. The van der Waals surface area contributed by atoms with Crippen LogP contribution in [0, 0.1) is 0 Å². The topological polar surface area (TPSA) is 55.4 Å². The Morgan fingerprint density at radius 3 is 2.31 bits per heavy atom. The lowest BCUT2D eigenvalue weighted by atomic mass is 10.3. The zero-order valence-corrected chi connectivity index (χ0v) is 8.93. The predicted octanol–water partition coefficient (Wildman–Crippen LogP) is 0.372. The van der Waals surface area contributed by atoms with Gasteiger partial charge in [-0.05, 0) is 13.8 Å². The largest absolute Gasteiger partial charge is 0.461 e. The molecule has 0 saturated carbocycles. The van der Waals surface area contributed by atoms with Gasteiger partial charge in [-0.2, -0.15) is 12.6 Å². The van der Waals surface area contributed by atoms with Crippen LogP contribution in [-0.4, -0.2) is 29.8 Å². The Morgan fingerprint density at radius 2 is 2.00 bits per heavy atom. The van der Waals surface area contributed by atoms with Gasteiger partial charge in [-0.25, -0.2) is 4.79 Å². The van der Waals surface area contributed by atoms with Gasteiger partial charge in [-0.15, -0.1) is 0 Å². The van der Waals surface area contributed by atoms with Crippen LogP contribution in [0.25, 0.3) is 0 Å². The summed E-state index contributed by atoms with van der Waals surface area (Å²) in [6.07, 6.45) is -0.177. The second kappa shape index (κ2) is 5.85. The molecule has 0 radical (unpaired) electrons. The van der Waals surface area contributed by atoms with Gasteiger partial charge in [0.25, 0.3) is 0 Å². The van der Waals surface area contributed by atoms with Crippen molar-refractivity contribution in [2.45, 2.75) is 32.9 Å². The summed E-state index contributed by atoms with van der Waals surface area (Å²) in [4.78, 5) is 21.9. The number of nitrogens with one attached hydrogen (secondary N) is 1. The molecule has 0 unspecified atom stereocenters. The lowest BCUT2D eigenvalue weighted by Crippen LogP contribution is -2.42. The first-order chi connectivity index (χ1) is 5.97. The summed E-state index contributed by atoms with van der Waals surface area (Å²) < 4.78 is 4.90. The minimum absolute atomic E-state index is 0.177. The van der Waals surface area contributed by atoms with E-state index in [9.17, 15) is 9.59 Å². The lowest BCUT2D eigenvalue weighted by Gasteiger charge is -2.16. The van der Waals surface area contributed by atoms with Crippen molar-refractivity contribution in [2.75, 3.05) is 5.75 Å². The van der Waals surface area contributed by atoms with Crippen LogP contribution in [0.3, 0.4) is 0 Å². The second-order valence-corrected chi connectivity index (χ2v) is 3.29. The van der Waals surface area contributed by atoms with Crippen molar-refractivity contribution in [3.05, 3.63) is 0 Å². The highest BCUT2D eigenvalue weighted by atomic mass is 32.1. The van der Waals surface area contributed by atoms with Gasteiger partial charge in [0.2, 0.25) is 5.91 Å². The minimum atomic E-state index is -0.650. The molecule has 1 amide bonds. The van der Waals surface area contributed by atoms with E-state index in [-0.39, 0.29) is 17.8 Å². The first-order valence-electron chi connectivity index (χ1n) is 4.05. The highest BCUT2D eigenvalue weighted by molar-refractivity contribution is 7.80. The van der Waals surface area contributed by atoms with Crippen molar-refractivity contribution in [1.82, 2.24) is 5.32 Å². The van der Waals surface area contributed by atoms with E-state index >= 15 is 0 Å². The summed E-state index contributed by atoms with van der Waals surface area (Å²) in [5.74, 6) is -0.467. The zero-order valence-electron chi connectivity index (χ0n) is 8.03. The van der Waals surface area contributed by atoms with E-state index in [1.54, 1.807) is 13.8 Å². The van der Waals surface area contributed by atoms with Gasteiger partial charge in [0, 0.05) is 12.7 Å². The Kier molecular flexibility index (Phi) is 5.53. The number of amides is 1. The molecule has 1 atom stereocenters.